The molecule has 0 fully saturated rings. The minimum absolute atomic E-state index is 0.0246. The number of hydrogen-bond donors (Lipinski definition) is 1. The molecule has 0 atom stereocenters. The Morgan fingerprint density at radius 1 is 1.16 bits per heavy atom. The first-order valence-electron chi connectivity index (χ1n) is 8.08. The Morgan fingerprint density at radius 2 is 1.96 bits per heavy atom. The summed E-state index contributed by atoms with van der Waals surface area (Å²) in [7, 11) is 3.79. The summed E-state index contributed by atoms with van der Waals surface area (Å²) in [6.45, 7) is 0.692. The fraction of sp³-hybridized carbons (Fsp3) is 0.222. The molecule has 1 aliphatic rings. The molecule has 126 valence electrons. The van der Waals surface area contributed by atoms with E-state index in [1.165, 1.54) is 0 Å². The van der Waals surface area contributed by atoms with Crippen LogP contribution < -0.4 is 10.2 Å². The maximum atomic E-state index is 12.1. The van der Waals surface area contributed by atoms with Gasteiger partial charge in [0.1, 0.15) is 5.82 Å². The van der Waals surface area contributed by atoms with Crippen LogP contribution in [0.3, 0.4) is 0 Å². The van der Waals surface area contributed by atoms with Crippen LogP contribution in [0.1, 0.15) is 15.9 Å². The van der Waals surface area contributed by atoms with E-state index in [0.29, 0.717) is 12.5 Å². The van der Waals surface area contributed by atoms with Gasteiger partial charge in [-0.3, -0.25) is 9.36 Å². The van der Waals surface area contributed by atoms with E-state index in [0.717, 1.165) is 34.6 Å². The monoisotopic (exact) mass is 334 g/mol. The summed E-state index contributed by atoms with van der Waals surface area (Å²) in [6, 6.07) is 5.93. The van der Waals surface area contributed by atoms with Gasteiger partial charge in [0.05, 0.1) is 5.56 Å². The standard InChI is InChI=1S/C18H18N6O/c1-23(2)18-21-10-13(11-22-18)16-19-7-8-24(16)14-4-3-12-5-6-20-17(25)15(12)9-14/h3-4,7-11H,5-6H2,1-2H3,(H,20,25). The smallest absolute Gasteiger partial charge is 0.251 e. The van der Waals surface area contributed by atoms with Crippen LogP contribution in [0.4, 0.5) is 5.95 Å². The van der Waals surface area contributed by atoms with Crippen LogP contribution in [-0.2, 0) is 6.42 Å². The zero-order valence-corrected chi connectivity index (χ0v) is 14.1. The number of fused-ring (bicyclic) bond motifs is 1. The average molecular weight is 334 g/mol. The molecule has 0 bridgehead atoms. The fourth-order valence-electron chi connectivity index (χ4n) is 2.94. The molecule has 0 radical (unpaired) electrons. The number of carbonyl (C=O) groups is 1. The number of anilines is 1. The Morgan fingerprint density at radius 3 is 2.72 bits per heavy atom. The molecule has 3 heterocycles. The van der Waals surface area contributed by atoms with Gasteiger partial charge in [-0.2, -0.15) is 0 Å². The summed E-state index contributed by atoms with van der Waals surface area (Å²) in [5.74, 6) is 1.36. The summed E-state index contributed by atoms with van der Waals surface area (Å²) in [4.78, 5) is 27.1. The molecular formula is C18H18N6O. The molecule has 1 aliphatic heterocycles. The zero-order valence-electron chi connectivity index (χ0n) is 14.1. The quantitative estimate of drug-likeness (QED) is 0.789. The highest BCUT2D eigenvalue weighted by Gasteiger charge is 2.18. The molecular weight excluding hydrogens is 316 g/mol. The third kappa shape index (κ3) is 2.73. The number of amides is 1. The van der Waals surface area contributed by atoms with Crippen molar-refractivity contribution in [3.8, 4) is 17.1 Å². The van der Waals surface area contributed by atoms with Gasteiger partial charge in [0.25, 0.3) is 5.91 Å². The molecule has 0 spiro atoms. The lowest BCUT2D eigenvalue weighted by atomic mass is 10.00. The third-order valence-corrected chi connectivity index (χ3v) is 4.23. The van der Waals surface area contributed by atoms with Crippen molar-refractivity contribution in [2.45, 2.75) is 6.42 Å². The molecule has 0 aliphatic carbocycles. The van der Waals surface area contributed by atoms with Crippen molar-refractivity contribution in [1.82, 2.24) is 24.8 Å². The van der Waals surface area contributed by atoms with Crippen LogP contribution in [0.25, 0.3) is 17.1 Å². The van der Waals surface area contributed by atoms with E-state index in [1.807, 2.05) is 48.0 Å². The number of rotatable bonds is 3. The van der Waals surface area contributed by atoms with Gasteiger partial charge in [-0.15, -0.1) is 0 Å². The van der Waals surface area contributed by atoms with Gasteiger partial charge in [0, 0.05) is 56.7 Å². The Balaban J connectivity index is 1.75. The van der Waals surface area contributed by atoms with Gasteiger partial charge in [-0.05, 0) is 24.1 Å². The van der Waals surface area contributed by atoms with Crippen LogP contribution in [0.5, 0.6) is 0 Å². The Kier molecular flexibility index (Phi) is 3.68. The second kappa shape index (κ2) is 6.01. The van der Waals surface area contributed by atoms with Gasteiger partial charge in [0.2, 0.25) is 5.95 Å². The lowest BCUT2D eigenvalue weighted by Crippen LogP contribution is -2.31. The minimum Gasteiger partial charge on any atom is -0.352 e. The van der Waals surface area contributed by atoms with Crippen molar-refractivity contribution in [1.29, 1.82) is 0 Å². The second-order valence-electron chi connectivity index (χ2n) is 6.13. The van der Waals surface area contributed by atoms with E-state index in [4.69, 9.17) is 0 Å². The van der Waals surface area contributed by atoms with Crippen LogP contribution in [0.15, 0.2) is 43.0 Å². The first kappa shape index (κ1) is 15.3. The molecule has 3 aromatic rings. The molecule has 4 rings (SSSR count). The van der Waals surface area contributed by atoms with E-state index in [-0.39, 0.29) is 5.91 Å². The van der Waals surface area contributed by atoms with Crippen LogP contribution in [-0.4, -0.2) is 46.1 Å². The average Bonchev–Trinajstić information content (AvgIpc) is 3.11. The van der Waals surface area contributed by atoms with Crippen LogP contribution >= 0.6 is 0 Å². The van der Waals surface area contributed by atoms with Crippen molar-refractivity contribution in [3.05, 3.63) is 54.1 Å². The number of hydrogen-bond acceptors (Lipinski definition) is 5. The van der Waals surface area contributed by atoms with Crippen molar-refractivity contribution in [2.24, 2.45) is 0 Å². The first-order valence-corrected chi connectivity index (χ1v) is 8.08. The first-order chi connectivity index (χ1) is 12.1. The number of carbonyl (C=O) groups excluding carboxylic acids is 1. The molecule has 1 N–H and O–H groups in total. The minimum atomic E-state index is -0.0246. The predicted molar refractivity (Wildman–Crippen MR) is 95.0 cm³/mol. The predicted octanol–water partition coefficient (Wildman–Crippen LogP) is 1.68. The summed E-state index contributed by atoms with van der Waals surface area (Å²) in [5, 5.41) is 2.89. The van der Waals surface area contributed by atoms with Gasteiger partial charge < -0.3 is 10.2 Å². The fourth-order valence-corrected chi connectivity index (χ4v) is 2.94. The molecule has 1 amide bonds. The molecule has 0 saturated carbocycles. The van der Waals surface area contributed by atoms with Gasteiger partial charge in [-0.1, -0.05) is 6.07 Å². The summed E-state index contributed by atoms with van der Waals surface area (Å²) in [6.07, 6.45) is 7.98. The molecule has 7 nitrogen and oxygen atoms in total. The summed E-state index contributed by atoms with van der Waals surface area (Å²) in [5.41, 5.74) is 3.51. The van der Waals surface area contributed by atoms with Crippen molar-refractivity contribution >= 4 is 11.9 Å². The Bertz CT molecular complexity index is 929. The molecule has 0 saturated heterocycles. The summed E-state index contributed by atoms with van der Waals surface area (Å²) < 4.78 is 1.94. The number of aromatic nitrogens is 4. The maximum absolute atomic E-state index is 12.1. The van der Waals surface area contributed by atoms with Crippen LogP contribution in [0.2, 0.25) is 0 Å². The van der Waals surface area contributed by atoms with Crippen molar-refractivity contribution in [3.63, 3.8) is 0 Å². The van der Waals surface area contributed by atoms with Crippen molar-refractivity contribution < 1.29 is 4.79 Å². The Hall–Kier alpha value is -3.22. The Labute approximate surface area is 145 Å². The lowest BCUT2D eigenvalue weighted by Gasteiger charge is -2.18. The number of nitrogens with one attached hydrogen (secondary N) is 1. The largest absolute Gasteiger partial charge is 0.352 e. The third-order valence-electron chi connectivity index (χ3n) is 4.23. The molecule has 7 heteroatoms. The van der Waals surface area contributed by atoms with E-state index in [2.05, 4.69) is 20.3 Å². The van der Waals surface area contributed by atoms with Crippen LogP contribution in [0, 0.1) is 0 Å². The van der Waals surface area contributed by atoms with Gasteiger partial charge >= 0.3 is 0 Å². The normalized spacial score (nSPS) is 13.3. The lowest BCUT2D eigenvalue weighted by molar-refractivity contribution is 0.0946. The van der Waals surface area contributed by atoms with E-state index in [1.54, 1.807) is 18.6 Å². The van der Waals surface area contributed by atoms with E-state index >= 15 is 0 Å². The van der Waals surface area contributed by atoms with E-state index < -0.39 is 0 Å². The zero-order chi connectivity index (χ0) is 17.4. The second-order valence-corrected chi connectivity index (χ2v) is 6.13. The van der Waals surface area contributed by atoms with Gasteiger partial charge in [0.15, 0.2) is 0 Å². The highest BCUT2D eigenvalue weighted by molar-refractivity contribution is 5.97. The number of nitrogens with zero attached hydrogens (tertiary/aromatic N) is 5. The van der Waals surface area contributed by atoms with Gasteiger partial charge in [-0.25, -0.2) is 15.0 Å². The molecule has 1 aromatic carbocycles. The van der Waals surface area contributed by atoms with E-state index in [9.17, 15) is 4.79 Å². The highest BCUT2D eigenvalue weighted by Crippen LogP contribution is 2.24. The SMILES string of the molecule is CN(C)c1ncc(-c2nccn2-c2ccc3c(c2)C(=O)NCC3)cn1. The number of benzene rings is 1. The highest BCUT2D eigenvalue weighted by atomic mass is 16.1. The topological polar surface area (TPSA) is 75.9 Å². The van der Waals surface area contributed by atoms with Crippen molar-refractivity contribution in [2.75, 3.05) is 25.5 Å². The molecule has 25 heavy (non-hydrogen) atoms. The number of imidazole rings is 1. The summed E-state index contributed by atoms with van der Waals surface area (Å²) >= 11 is 0. The molecule has 0 unspecified atom stereocenters. The maximum Gasteiger partial charge on any atom is 0.251 e. The molecule has 2 aromatic heterocycles.